The van der Waals surface area contributed by atoms with E-state index >= 15 is 0 Å². The van der Waals surface area contributed by atoms with Gasteiger partial charge in [0, 0.05) is 29.7 Å². The number of halogens is 2. The SMILES string of the molecule is CCC[C@@H](CO)NC(=O)c1ccc(OCc2c(-c3ccc(C)nc3)noc2C(F)F)nc1. The molecule has 2 N–H and O–H groups in total. The number of carbonyl (C=O) groups is 1. The molecule has 3 aromatic heterocycles. The van der Waals surface area contributed by atoms with Crippen molar-refractivity contribution < 1.29 is 27.9 Å². The fourth-order valence-electron chi connectivity index (χ4n) is 3.04. The third-order valence-electron chi connectivity index (χ3n) is 4.76. The molecular formula is C22H24F2N4O4. The van der Waals surface area contributed by atoms with Crippen molar-refractivity contribution in [1.82, 2.24) is 20.4 Å². The number of alkyl halides is 2. The molecule has 1 amide bonds. The van der Waals surface area contributed by atoms with Gasteiger partial charge in [-0.2, -0.15) is 0 Å². The van der Waals surface area contributed by atoms with Crippen molar-refractivity contribution in [3.05, 3.63) is 59.2 Å². The normalized spacial score (nSPS) is 12.1. The van der Waals surface area contributed by atoms with Crippen LogP contribution in [-0.2, 0) is 6.61 Å². The molecule has 1 atom stereocenters. The molecule has 0 aliphatic rings. The van der Waals surface area contributed by atoms with Crippen LogP contribution in [0.1, 0.15) is 53.6 Å². The Morgan fingerprint density at radius 1 is 1.22 bits per heavy atom. The van der Waals surface area contributed by atoms with Crippen LogP contribution in [0.5, 0.6) is 5.88 Å². The molecule has 0 saturated carbocycles. The molecule has 170 valence electrons. The molecule has 0 saturated heterocycles. The Labute approximate surface area is 183 Å². The summed E-state index contributed by atoms with van der Waals surface area (Å²) in [6.07, 6.45) is 1.45. The number of hydrogen-bond acceptors (Lipinski definition) is 7. The summed E-state index contributed by atoms with van der Waals surface area (Å²) in [6.45, 7) is 3.36. The van der Waals surface area contributed by atoms with Gasteiger partial charge in [0.15, 0.2) is 0 Å². The van der Waals surface area contributed by atoms with Crippen molar-refractivity contribution in [3.8, 4) is 17.1 Å². The lowest BCUT2D eigenvalue weighted by molar-refractivity contribution is 0.0912. The molecular weight excluding hydrogens is 422 g/mol. The molecule has 0 aliphatic heterocycles. The number of aliphatic hydroxyl groups is 1. The molecule has 3 heterocycles. The first-order valence-corrected chi connectivity index (χ1v) is 10.1. The quantitative estimate of drug-likeness (QED) is 0.487. The second kappa shape index (κ2) is 10.8. The standard InChI is InChI=1S/C22H24F2N4O4/c1-3-4-16(11-29)27-22(30)15-7-8-18(26-10-15)31-12-17-19(28-32-20(17)21(23)24)14-6-5-13(2)25-9-14/h5-10,16,21,29H,3-4,11-12H2,1-2H3,(H,27,30)/t16-/m0/s1. The maximum Gasteiger partial charge on any atom is 0.298 e. The van der Waals surface area contributed by atoms with E-state index in [9.17, 15) is 18.7 Å². The van der Waals surface area contributed by atoms with Crippen LogP contribution in [-0.4, -0.2) is 38.8 Å². The highest BCUT2D eigenvalue weighted by Gasteiger charge is 2.25. The molecule has 8 nitrogen and oxygen atoms in total. The van der Waals surface area contributed by atoms with Gasteiger partial charge < -0.3 is 19.7 Å². The Hall–Kier alpha value is -3.40. The topological polar surface area (TPSA) is 110 Å². The van der Waals surface area contributed by atoms with Crippen LogP contribution < -0.4 is 10.1 Å². The van der Waals surface area contributed by atoms with E-state index in [4.69, 9.17) is 9.26 Å². The predicted molar refractivity (Wildman–Crippen MR) is 111 cm³/mol. The van der Waals surface area contributed by atoms with Crippen molar-refractivity contribution in [1.29, 1.82) is 0 Å². The van der Waals surface area contributed by atoms with E-state index in [0.717, 1.165) is 12.1 Å². The average molecular weight is 446 g/mol. The van der Waals surface area contributed by atoms with Crippen molar-refractivity contribution in [2.75, 3.05) is 6.61 Å². The van der Waals surface area contributed by atoms with Gasteiger partial charge in [-0.05, 0) is 31.5 Å². The third-order valence-corrected chi connectivity index (χ3v) is 4.76. The highest BCUT2D eigenvalue weighted by Crippen LogP contribution is 2.32. The first-order valence-electron chi connectivity index (χ1n) is 10.1. The van der Waals surface area contributed by atoms with Crippen molar-refractivity contribution in [2.45, 2.75) is 45.8 Å². The first-order chi connectivity index (χ1) is 15.4. The first kappa shape index (κ1) is 23.3. The Bertz CT molecular complexity index is 1020. The van der Waals surface area contributed by atoms with E-state index in [1.807, 2.05) is 13.8 Å². The molecule has 0 fully saturated rings. The monoisotopic (exact) mass is 446 g/mol. The van der Waals surface area contributed by atoms with Gasteiger partial charge in [-0.1, -0.05) is 18.5 Å². The summed E-state index contributed by atoms with van der Waals surface area (Å²) < 4.78 is 37.2. The summed E-state index contributed by atoms with van der Waals surface area (Å²) in [4.78, 5) is 20.5. The Morgan fingerprint density at radius 2 is 2.03 bits per heavy atom. The average Bonchev–Trinajstić information content (AvgIpc) is 3.22. The number of hydrogen-bond donors (Lipinski definition) is 2. The summed E-state index contributed by atoms with van der Waals surface area (Å²) in [6, 6.07) is 6.09. The zero-order chi connectivity index (χ0) is 23.1. The predicted octanol–water partition coefficient (Wildman–Crippen LogP) is 3.85. The highest BCUT2D eigenvalue weighted by molar-refractivity contribution is 5.94. The van der Waals surface area contributed by atoms with Crippen molar-refractivity contribution in [3.63, 3.8) is 0 Å². The van der Waals surface area contributed by atoms with Gasteiger partial charge in [-0.15, -0.1) is 0 Å². The lowest BCUT2D eigenvalue weighted by atomic mass is 10.1. The van der Waals surface area contributed by atoms with Crippen LogP contribution in [0.3, 0.4) is 0 Å². The van der Waals surface area contributed by atoms with E-state index in [0.29, 0.717) is 12.0 Å². The second-order valence-electron chi connectivity index (χ2n) is 7.18. The van der Waals surface area contributed by atoms with Crippen LogP contribution >= 0.6 is 0 Å². The van der Waals surface area contributed by atoms with Gasteiger partial charge in [-0.3, -0.25) is 9.78 Å². The van der Waals surface area contributed by atoms with Gasteiger partial charge >= 0.3 is 0 Å². The Balaban J connectivity index is 1.72. The van der Waals surface area contributed by atoms with Gasteiger partial charge in [0.2, 0.25) is 11.6 Å². The molecule has 0 aromatic carbocycles. The molecule has 32 heavy (non-hydrogen) atoms. The third kappa shape index (κ3) is 5.64. The number of rotatable bonds is 10. The maximum atomic E-state index is 13.4. The maximum absolute atomic E-state index is 13.4. The van der Waals surface area contributed by atoms with Gasteiger partial charge in [0.05, 0.1) is 23.8 Å². The number of amides is 1. The summed E-state index contributed by atoms with van der Waals surface area (Å²) in [5, 5.41) is 15.8. The molecule has 0 spiro atoms. The number of aliphatic hydroxyl groups excluding tert-OH is 1. The molecule has 0 aliphatic carbocycles. The van der Waals surface area contributed by atoms with E-state index in [-0.39, 0.29) is 47.9 Å². The lowest BCUT2D eigenvalue weighted by Gasteiger charge is -2.15. The number of ether oxygens (including phenoxy) is 1. The van der Waals surface area contributed by atoms with Crippen LogP contribution in [0.15, 0.2) is 41.2 Å². The van der Waals surface area contributed by atoms with Crippen LogP contribution in [0.2, 0.25) is 0 Å². The number of carbonyl (C=O) groups excluding carboxylic acids is 1. The molecule has 3 aromatic rings. The van der Waals surface area contributed by atoms with Crippen LogP contribution in [0.25, 0.3) is 11.3 Å². The zero-order valence-electron chi connectivity index (χ0n) is 17.7. The van der Waals surface area contributed by atoms with Crippen LogP contribution in [0.4, 0.5) is 8.78 Å². The Morgan fingerprint density at radius 3 is 2.62 bits per heavy atom. The molecule has 0 unspecified atom stereocenters. The molecule has 0 bridgehead atoms. The van der Waals surface area contributed by atoms with E-state index < -0.39 is 12.2 Å². The van der Waals surface area contributed by atoms with Crippen molar-refractivity contribution >= 4 is 5.91 Å². The zero-order valence-corrected chi connectivity index (χ0v) is 17.7. The minimum absolute atomic E-state index is 0.0969. The molecule has 3 rings (SSSR count). The summed E-state index contributed by atoms with van der Waals surface area (Å²) in [5.74, 6) is -0.810. The van der Waals surface area contributed by atoms with E-state index in [2.05, 4.69) is 20.4 Å². The number of aryl methyl sites for hydroxylation is 1. The molecule has 0 radical (unpaired) electrons. The van der Waals surface area contributed by atoms with Gasteiger partial charge in [0.25, 0.3) is 12.3 Å². The lowest BCUT2D eigenvalue weighted by Crippen LogP contribution is -2.37. The van der Waals surface area contributed by atoms with E-state index in [1.165, 1.54) is 24.5 Å². The minimum atomic E-state index is -2.87. The number of nitrogens with one attached hydrogen (secondary N) is 1. The molecule has 10 heteroatoms. The summed E-state index contributed by atoms with van der Waals surface area (Å²) in [5.41, 5.74) is 1.90. The second-order valence-corrected chi connectivity index (χ2v) is 7.18. The van der Waals surface area contributed by atoms with Crippen LogP contribution in [0, 0.1) is 6.92 Å². The highest BCUT2D eigenvalue weighted by atomic mass is 19.3. The fourth-order valence-corrected chi connectivity index (χ4v) is 3.04. The van der Waals surface area contributed by atoms with E-state index in [1.54, 1.807) is 12.1 Å². The smallest absolute Gasteiger partial charge is 0.298 e. The van der Waals surface area contributed by atoms with Gasteiger partial charge in [0.1, 0.15) is 12.3 Å². The fraction of sp³-hybridized carbons (Fsp3) is 0.364. The largest absolute Gasteiger partial charge is 0.473 e. The van der Waals surface area contributed by atoms with Crippen molar-refractivity contribution in [2.24, 2.45) is 0 Å². The number of aromatic nitrogens is 3. The number of pyridine rings is 2. The Kier molecular flexibility index (Phi) is 7.82. The number of nitrogens with zero attached hydrogens (tertiary/aromatic N) is 3. The van der Waals surface area contributed by atoms with Gasteiger partial charge in [-0.25, -0.2) is 13.8 Å². The summed E-state index contributed by atoms with van der Waals surface area (Å²) >= 11 is 0. The minimum Gasteiger partial charge on any atom is -0.473 e. The summed E-state index contributed by atoms with van der Waals surface area (Å²) in [7, 11) is 0.